The van der Waals surface area contributed by atoms with Crippen molar-refractivity contribution >= 4 is 34.4 Å². The summed E-state index contributed by atoms with van der Waals surface area (Å²) < 4.78 is 5.20. The Labute approximate surface area is 149 Å². The molecule has 0 bridgehead atoms. The molecule has 0 unspecified atom stereocenters. The van der Waals surface area contributed by atoms with Gasteiger partial charge in [-0.3, -0.25) is 9.59 Å². The van der Waals surface area contributed by atoms with Gasteiger partial charge in [0.2, 0.25) is 11.8 Å². The fourth-order valence-electron chi connectivity index (χ4n) is 2.96. The van der Waals surface area contributed by atoms with E-state index in [1.807, 2.05) is 0 Å². The summed E-state index contributed by atoms with van der Waals surface area (Å²) >= 11 is 1.47. The van der Waals surface area contributed by atoms with Gasteiger partial charge >= 0.3 is 0 Å². The smallest absolute Gasteiger partial charge is 0.247 e. The number of rotatable bonds is 4. The molecule has 0 atom stereocenters. The van der Waals surface area contributed by atoms with Crippen LogP contribution in [0.1, 0.15) is 35.6 Å². The molecule has 6 nitrogen and oxygen atoms in total. The lowest BCUT2D eigenvalue weighted by Crippen LogP contribution is -2.34. The molecule has 0 radical (unpaired) electrons. The molecule has 2 aromatic rings. The Morgan fingerprint density at radius 1 is 1.40 bits per heavy atom. The second-order valence-corrected chi connectivity index (χ2v) is 7.45. The number of amides is 2. The SMILES string of the molecule is O=C(Nc1nc2c(s1)CN(C(=O)/C=C/c1ccco1)CC2)C1CCC1. The fourth-order valence-corrected chi connectivity index (χ4v) is 3.99. The lowest BCUT2D eigenvalue weighted by molar-refractivity contribution is -0.126. The summed E-state index contributed by atoms with van der Waals surface area (Å²) in [7, 11) is 0. The number of anilines is 1. The van der Waals surface area contributed by atoms with Crippen LogP contribution in [-0.2, 0) is 22.6 Å². The minimum atomic E-state index is -0.0458. The van der Waals surface area contributed by atoms with Gasteiger partial charge in [0.05, 0.1) is 18.5 Å². The number of nitrogens with one attached hydrogen (secondary N) is 1. The van der Waals surface area contributed by atoms with E-state index in [0.29, 0.717) is 30.4 Å². The predicted octanol–water partition coefficient (Wildman–Crippen LogP) is 3.07. The predicted molar refractivity (Wildman–Crippen MR) is 94.9 cm³/mol. The molecule has 2 aromatic heterocycles. The summed E-state index contributed by atoms with van der Waals surface area (Å²) in [4.78, 5) is 31.8. The van der Waals surface area contributed by atoms with E-state index < -0.39 is 0 Å². The summed E-state index contributed by atoms with van der Waals surface area (Å²) in [6.45, 7) is 1.17. The van der Waals surface area contributed by atoms with Crippen molar-refractivity contribution in [2.45, 2.75) is 32.2 Å². The first kappa shape index (κ1) is 16.1. The average Bonchev–Trinajstić information content (AvgIpc) is 3.18. The topological polar surface area (TPSA) is 75.4 Å². The van der Waals surface area contributed by atoms with Crippen LogP contribution in [0, 0.1) is 5.92 Å². The van der Waals surface area contributed by atoms with Crippen molar-refractivity contribution in [1.29, 1.82) is 0 Å². The van der Waals surface area contributed by atoms with Gasteiger partial charge in [0.15, 0.2) is 5.13 Å². The lowest BCUT2D eigenvalue weighted by Gasteiger charge is -2.24. The van der Waals surface area contributed by atoms with E-state index in [-0.39, 0.29) is 17.7 Å². The Kier molecular flexibility index (Phi) is 4.40. The standard InChI is InChI=1S/C18H19N3O3S/c22-16(7-6-13-5-2-10-24-13)21-9-8-14-15(11-21)25-18(19-14)20-17(23)12-3-1-4-12/h2,5-7,10,12H,1,3-4,8-9,11H2,(H,19,20,23)/b7-6+. The minimum Gasteiger partial charge on any atom is -0.465 e. The Morgan fingerprint density at radius 3 is 3.00 bits per heavy atom. The average molecular weight is 357 g/mol. The molecule has 3 heterocycles. The fraction of sp³-hybridized carbons (Fsp3) is 0.389. The highest BCUT2D eigenvalue weighted by atomic mass is 32.1. The molecule has 1 fully saturated rings. The monoisotopic (exact) mass is 357 g/mol. The number of thiazole rings is 1. The van der Waals surface area contributed by atoms with Crippen molar-refractivity contribution in [2.24, 2.45) is 5.92 Å². The van der Waals surface area contributed by atoms with Gasteiger partial charge in [-0.05, 0) is 31.1 Å². The van der Waals surface area contributed by atoms with Crippen LogP contribution >= 0.6 is 11.3 Å². The van der Waals surface area contributed by atoms with Crippen LogP contribution < -0.4 is 5.32 Å². The number of furan rings is 1. The second kappa shape index (κ2) is 6.84. The molecule has 2 amide bonds. The molecule has 25 heavy (non-hydrogen) atoms. The van der Waals surface area contributed by atoms with Gasteiger partial charge in [-0.25, -0.2) is 4.98 Å². The second-order valence-electron chi connectivity index (χ2n) is 6.36. The largest absolute Gasteiger partial charge is 0.465 e. The third kappa shape index (κ3) is 3.51. The summed E-state index contributed by atoms with van der Waals surface area (Å²) in [5.41, 5.74) is 0.993. The zero-order chi connectivity index (χ0) is 17.2. The lowest BCUT2D eigenvalue weighted by atomic mass is 9.85. The van der Waals surface area contributed by atoms with Crippen LogP contribution in [0.5, 0.6) is 0 Å². The van der Waals surface area contributed by atoms with E-state index in [9.17, 15) is 9.59 Å². The van der Waals surface area contributed by atoms with E-state index in [1.165, 1.54) is 17.4 Å². The van der Waals surface area contributed by atoms with Gasteiger partial charge in [-0.2, -0.15) is 0 Å². The van der Waals surface area contributed by atoms with Crippen LogP contribution in [0.4, 0.5) is 5.13 Å². The molecule has 0 saturated heterocycles. The Balaban J connectivity index is 1.39. The van der Waals surface area contributed by atoms with Gasteiger partial charge in [0.25, 0.3) is 0 Å². The van der Waals surface area contributed by atoms with Crippen molar-refractivity contribution in [3.05, 3.63) is 40.8 Å². The maximum Gasteiger partial charge on any atom is 0.247 e. The van der Waals surface area contributed by atoms with E-state index in [2.05, 4.69) is 10.3 Å². The number of hydrogen-bond acceptors (Lipinski definition) is 5. The van der Waals surface area contributed by atoms with Crippen LogP contribution in [0.15, 0.2) is 28.9 Å². The molecular formula is C18H19N3O3S. The van der Waals surface area contributed by atoms with Gasteiger partial charge < -0.3 is 14.6 Å². The normalized spacial score (nSPS) is 17.4. The van der Waals surface area contributed by atoms with E-state index in [0.717, 1.165) is 29.8 Å². The summed E-state index contributed by atoms with van der Waals surface area (Å²) in [6, 6.07) is 3.59. The Hall–Kier alpha value is -2.41. The Bertz CT molecular complexity index is 806. The van der Waals surface area contributed by atoms with Crippen LogP contribution in [-0.4, -0.2) is 28.2 Å². The molecule has 1 aliphatic heterocycles. The van der Waals surface area contributed by atoms with E-state index in [1.54, 1.807) is 29.4 Å². The third-order valence-electron chi connectivity index (χ3n) is 4.68. The first-order valence-corrected chi connectivity index (χ1v) is 9.30. The molecule has 7 heteroatoms. The van der Waals surface area contributed by atoms with Crippen molar-refractivity contribution in [3.63, 3.8) is 0 Å². The maximum absolute atomic E-state index is 12.3. The first-order valence-electron chi connectivity index (χ1n) is 8.49. The van der Waals surface area contributed by atoms with Crippen molar-refractivity contribution < 1.29 is 14.0 Å². The zero-order valence-corrected chi connectivity index (χ0v) is 14.6. The molecule has 1 saturated carbocycles. The van der Waals surface area contributed by atoms with Gasteiger partial charge in [0, 0.05) is 29.8 Å². The molecule has 1 aliphatic carbocycles. The Morgan fingerprint density at radius 2 is 2.28 bits per heavy atom. The first-order chi connectivity index (χ1) is 12.2. The number of fused-ring (bicyclic) bond motifs is 1. The highest BCUT2D eigenvalue weighted by molar-refractivity contribution is 7.15. The maximum atomic E-state index is 12.3. The molecule has 1 N–H and O–H groups in total. The summed E-state index contributed by atoms with van der Waals surface area (Å²) in [5.74, 6) is 0.831. The molecule has 4 rings (SSSR count). The van der Waals surface area contributed by atoms with Crippen LogP contribution in [0.25, 0.3) is 6.08 Å². The number of hydrogen-bond donors (Lipinski definition) is 1. The van der Waals surface area contributed by atoms with Crippen molar-refractivity contribution in [3.8, 4) is 0 Å². The number of aromatic nitrogens is 1. The van der Waals surface area contributed by atoms with Crippen molar-refractivity contribution in [2.75, 3.05) is 11.9 Å². The summed E-state index contributed by atoms with van der Waals surface area (Å²) in [6.07, 6.45) is 8.58. The highest BCUT2D eigenvalue weighted by Gasteiger charge is 2.27. The molecule has 2 aliphatic rings. The van der Waals surface area contributed by atoms with E-state index in [4.69, 9.17) is 4.42 Å². The molecule has 130 valence electrons. The van der Waals surface area contributed by atoms with Crippen LogP contribution in [0.2, 0.25) is 0 Å². The van der Waals surface area contributed by atoms with Gasteiger partial charge in [0.1, 0.15) is 5.76 Å². The minimum absolute atomic E-state index is 0.0458. The highest BCUT2D eigenvalue weighted by Crippen LogP contribution is 2.31. The quantitative estimate of drug-likeness (QED) is 0.853. The number of nitrogens with zero attached hydrogens (tertiary/aromatic N) is 2. The number of carbonyl (C=O) groups is 2. The summed E-state index contributed by atoms with van der Waals surface area (Å²) in [5, 5.41) is 3.58. The zero-order valence-electron chi connectivity index (χ0n) is 13.7. The van der Waals surface area contributed by atoms with Crippen molar-refractivity contribution in [1.82, 2.24) is 9.88 Å². The van der Waals surface area contributed by atoms with Gasteiger partial charge in [-0.1, -0.05) is 17.8 Å². The van der Waals surface area contributed by atoms with E-state index >= 15 is 0 Å². The molecular weight excluding hydrogens is 338 g/mol. The molecule has 0 spiro atoms. The van der Waals surface area contributed by atoms with Gasteiger partial charge in [-0.15, -0.1) is 0 Å². The third-order valence-corrected chi connectivity index (χ3v) is 5.68. The van der Waals surface area contributed by atoms with Crippen LogP contribution in [0.3, 0.4) is 0 Å². The molecule has 0 aromatic carbocycles. The number of carbonyl (C=O) groups excluding carboxylic acids is 2.